The van der Waals surface area contributed by atoms with Crippen LogP contribution < -0.4 is 0 Å². The molecule has 0 aromatic heterocycles. The molecular formula is C17H26O2. The summed E-state index contributed by atoms with van der Waals surface area (Å²) in [6.45, 7) is 9.12. The third-order valence-corrected chi connectivity index (χ3v) is 4.49. The molecule has 2 rings (SSSR count). The second-order valence-corrected chi connectivity index (χ2v) is 6.41. The summed E-state index contributed by atoms with van der Waals surface area (Å²) in [7, 11) is 0. The molecule has 19 heavy (non-hydrogen) atoms. The summed E-state index contributed by atoms with van der Waals surface area (Å²) >= 11 is 0. The molecule has 0 bridgehead atoms. The molecule has 2 unspecified atom stereocenters. The highest BCUT2D eigenvalue weighted by Gasteiger charge is 2.41. The van der Waals surface area contributed by atoms with E-state index in [2.05, 4.69) is 45.9 Å². The molecule has 1 aliphatic heterocycles. The molecule has 1 aromatic rings. The lowest BCUT2D eigenvalue weighted by Gasteiger charge is -2.43. The second-order valence-electron chi connectivity index (χ2n) is 6.41. The highest BCUT2D eigenvalue weighted by molar-refractivity contribution is 5.31. The maximum Gasteiger partial charge on any atom is 0.0737 e. The molecule has 1 aromatic carbocycles. The van der Waals surface area contributed by atoms with E-state index in [0.717, 1.165) is 25.7 Å². The molecule has 1 aliphatic rings. The van der Waals surface area contributed by atoms with E-state index in [4.69, 9.17) is 4.74 Å². The average molecular weight is 262 g/mol. The van der Waals surface area contributed by atoms with Crippen LogP contribution in [0.5, 0.6) is 0 Å². The van der Waals surface area contributed by atoms with Crippen molar-refractivity contribution in [2.24, 2.45) is 0 Å². The van der Waals surface area contributed by atoms with Crippen molar-refractivity contribution >= 4 is 0 Å². The molecule has 1 heterocycles. The number of hydrogen-bond acceptors (Lipinski definition) is 2. The van der Waals surface area contributed by atoms with Crippen molar-refractivity contribution in [3.8, 4) is 0 Å². The molecule has 106 valence electrons. The summed E-state index contributed by atoms with van der Waals surface area (Å²) in [5, 5.41) is 10.9. The monoisotopic (exact) mass is 262 g/mol. The quantitative estimate of drug-likeness (QED) is 0.902. The summed E-state index contributed by atoms with van der Waals surface area (Å²) < 4.78 is 5.84. The molecule has 1 saturated heterocycles. The molecule has 0 radical (unpaired) electrons. The van der Waals surface area contributed by atoms with E-state index in [0.29, 0.717) is 6.61 Å². The van der Waals surface area contributed by atoms with Gasteiger partial charge in [0.15, 0.2) is 0 Å². The fourth-order valence-electron chi connectivity index (χ4n) is 3.05. The van der Waals surface area contributed by atoms with Crippen LogP contribution in [0, 0.1) is 13.8 Å². The predicted octanol–water partition coefficient (Wildman–Crippen LogP) is 3.56. The zero-order valence-electron chi connectivity index (χ0n) is 12.6. The minimum absolute atomic E-state index is 0.176. The maximum absolute atomic E-state index is 10.9. The molecular weight excluding hydrogens is 236 g/mol. The first-order valence-electron chi connectivity index (χ1n) is 7.28. The average Bonchev–Trinajstić information content (AvgIpc) is 2.33. The molecule has 1 N–H and O–H groups in total. The largest absolute Gasteiger partial charge is 0.389 e. The van der Waals surface area contributed by atoms with Crippen LogP contribution in [0.25, 0.3) is 0 Å². The number of aliphatic hydroxyl groups is 1. The van der Waals surface area contributed by atoms with Gasteiger partial charge >= 0.3 is 0 Å². The van der Waals surface area contributed by atoms with Gasteiger partial charge in [-0.2, -0.15) is 0 Å². The molecule has 0 amide bonds. The lowest BCUT2D eigenvalue weighted by Crippen LogP contribution is -2.48. The Balaban J connectivity index is 2.19. The zero-order valence-corrected chi connectivity index (χ0v) is 12.6. The number of aryl methyl sites for hydroxylation is 2. The molecule has 2 heteroatoms. The smallest absolute Gasteiger partial charge is 0.0737 e. The Hall–Kier alpha value is -0.860. The van der Waals surface area contributed by atoms with Gasteiger partial charge in [0.1, 0.15) is 0 Å². The number of ether oxygens (including phenoxy) is 1. The SMILES string of the molecule is CCC1(C)CC(O)(Cc2cc(C)ccc2C)CCO1. The zero-order chi connectivity index (χ0) is 14.1. The van der Waals surface area contributed by atoms with Crippen LogP contribution in [-0.4, -0.2) is 22.9 Å². The summed E-state index contributed by atoms with van der Waals surface area (Å²) in [6, 6.07) is 6.47. The standard InChI is InChI=1S/C17H26O2/c1-5-16(4)12-17(18,8-9-19-16)11-15-10-13(2)6-7-14(15)3/h6-7,10,18H,5,8-9,11-12H2,1-4H3. The van der Waals surface area contributed by atoms with E-state index in [1.54, 1.807) is 0 Å². The van der Waals surface area contributed by atoms with Crippen molar-refractivity contribution in [3.63, 3.8) is 0 Å². The Bertz CT molecular complexity index is 455. The van der Waals surface area contributed by atoms with Crippen molar-refractivity contribution in [1.82, 2.24) is 0 Å². The van der Waals surface area contributed by atoms with Gasteiger partial charge < -0.3 is 9.84 Å². The Labute approximate surface area is 116 Å². The van der Waals surface area contributed by atoms with Gasteiger partial charge in [-0.1, -0.05) is 30.7 Å². The molecule has 2 atom stereocenters. The van der Waals surface area contributed by atoms with Gasteiger partial charge in [0.05, 0.1) is 17.8 Å². The van der Waals surface area contributed by atoms with Crippen LogP contribution in [0.15, 0.2) is 18.2 Å². The fraction of sp³-hybridized carbons (Fsp3) is 0.647. The normalized spacial score (nSPS) is 31.4. The molecule has 2 nitrogen and oxygen atoms in total. The third-order valence-electron chi connectivity index (χ3n) is 4.49. The topological polar surface area (TPSA) is 29.5 Å². The minimum Gasteiger partial charge on any atom is -0.389 e. The minimum atomic E-state index is -0.623. The summed E-state index contributed by atoms with van der Waals surface area (Å²) in [5.41, 5.74) is 2.99. The maximum atomic E-state index is 10.9. The summed E-state index contributed by atoms with van der Waals surface area (Å²) in [4.78, 5) is 0. The first-order valence-corrected chi connectivity index (χ1v) is 7.28. The van der Waals surface area contributed by atoms with Gasteiger partial charge in [-0.05, 0) is 44.7 Å². The van der Waals surface area contributed by atoms with E-state index >= 15 is 0 Å². The number of hydrogen-bond donors (Lipinski definition) is 1. The second kappa shape index (κ2) is 5.26. The van der Waals surface area contributed by atoms with E-state index in [1.807, 2.05) is 0 Å². The van der Waals surface area contributed by atoms with E-state index in [9.17, 15) is 5.11 Å². The van der Waals surface area contributed by atoms with Crippen LogP contribution >= 0.6 is 0 Å². The fourth-order valence-corrected chi connectivity index (χ4v) is 3.05. The third kappa shape index (κ3) is 3.37. The molecule has 0 aliphatic carbocycles. The van der Waals surface area contributed by atoms with Crippen molar-refractivity contribution < 1.29 is 9.84 Å². The number of rotatable bonds is 3. The van der Waals surface area contributed by atoms with Crippen molar-refractivity contribution in [2.45, 2.75) is 64.6 Å². The van der Waals surface area contributed by atoms with Gasteiger partial charge in [-0.25, -0.2) is 0 Å². The van der Waals surface area contributed by atoms with E-state index < -0.39 is 5.60 Å². The summed E-state index contributed by atoms with van der Waals surface area (Å²) in [6.07, 6.45) is 3.14. The van der Waals surface area contributed by atoms with Gasteiger partial charge in [-0.3, -0.25) is 0 Å². The highest BCUT2D eigenvalue weighted by Crippen LogP contribution is 2.37. The summed E-state index contributed by atoms with van der Waals surface area (Å²) in [5.74, 6) is 0. The lowest BCUT2D eigenvalue weighted by molar-refractivity contribution is -0.152. The van der Waals surface area contributed by atoms with Gasteiger partial charge in [0.25, 0.3) is 0 Å². The lowest BCUT2D eigenvalue weighted by atomic mass is 9.77. The van der Waals surface area contributed by atoms with E-state index in [1.165, 1.54) is 16.7 Å². The van der Waals surface area contributed by atoms with Crippen LogP contribution in [0.4, 0.5) is 0 Å². The van der Waals surface area contributed by atoms with E-state index in [-0.39, 0.29) is 5.60 Å². The Morgan fingerprint density at radius 3 is 2.74 bits per heavy atom. The predicted molar refractivity (Wildman–Crippen MR) is 78.5 cm³/mol. The van der Waals surface area contributed by atoms with Gasteiger partial charge in [-0.15, -0.1) is 0 Å². The van der Waals surface area contributed by atoms with Crippen molar-refractivity contribution in [3.05, 3.63) is 34.9 Å². The van der Waals surface area contributed by atoms with Crippen molar-refractivity contribution in [1.29, 1.82) is 0 Å². The van der Waals surface area contributed by atoms with Crippen LogP contribution in [0.1, 0.15) is 49.8 Å². The molecule has 1 fully saturated rings. The molecule has 0 saturated carbocycles. The van der Waals surface area contributed by atoms with Crippen LogP contribution in [0.3, 0.4) is 0 Å². The first-order chi connectivity index (χ1) is 8.86. The molecule has 0 spiro atoms. The van der Waals surface area contributed by atoms with Crippen LogP contribution in [0.2, 0.25) is 0 Å². The number of benzene rings is 1. The van der Waals surface area contributed by atoms with Crippen molar-refractivity contribution in [2.75, 3.05) is 6.61 Å². The Morgan fingerprint density at radius 1 is 1.32 bits per heavy atom. The van der Waals surface area contributed by atoms with Crippen LogP contribution in [-0.2, 0) is 11.2 Å². The van der Waals surface area contributed by atoms with Gasteiger partial charge in [0, 0.05) is 12.8 Å². The Morgan fingerprint density at radius 2 is 2.05 bits per heavy atom. The van der Waals surface area contributed by atoms with Gasteiger partial charge in [0.2, 0.25) is 0 Å². The Kier molecular flexibility index (Phi) is 4.03. The first kappa shape index (κ1) is 14.5. The highest BCUT2D eigenvalue weighted by atomic mass is 16.5.